The van der Waals surface area contributed by atoms with Crippen molar-refractivity contribution in [3.63, 3.8) is 0 Å². The van der Waals surface area contributed by atoms with Gasteiger partial charge >= 0.3 is 0 Å². The van der Waals surface area contributed by atoms with Gasteiger partial charge in [-0.3, -0.25) is 9.59 Å². The summed E-state index contributed by atoms with van der Waals surface area (Å²) in [4.78, 5) is 24.3. The van der Waals surface area contributed by atoms with Crippen LogP contribution in [0.2, 0.25) is 0 Å². The normalized spacial score (nSPS) is 10.6. The maximum Gasteiger partial charge on any atom is 0.273 e. The fraction of sp³-hybridized carbons (Fsp3) is 0.150. The molecule has 1 aromatic heterocycles. The number of aromatic hydroxyl groups is 1. The number of aromatic nitrogens is 1. The molecule has 0 spiro atoms. The number of carbonyl (C=O) groups is 2. The second-order valence-corrected chi connectivity index (χ2v) is 6.84. The molecule has 3 aromatic rings. The van der Waals surface area contributed by atoms with Crippen LogP contribution in [0.1, 0.15) is 33.7 Å². The Balaban J connectivity index is 1.48. The zero-order chi connectivity index (χ0) is 19.2. The van der Waals surface area contributed by atoms with Gasteiger partial charge in [0.25, 0.3) is 5.91 Å². The van der Waals surface area contributed by atoms with Crippen molar-refractivity contribution in [2.75, 3.05) is 6.54 Å². The number of nitrogens with one attached hydrogen (secondary N) is 1. The molecular weight excluding hydrogens is 412 g/mol. The van der Waals surface area contributed by atoms with Crippen LogP contribution in [0, 0.1) is 0 Å². The molecule has 7 heteroatoms. The molecule has 6 nitrogen and oxygen atoms in total. The van der Waals surface area contributed by atoms with Gasteiger partial charge in [0.1, 0.15) is 5.75 Å². The largest absolute Gasteiger partial charge is 0.508 e. The van der Waals surface area contributed by atoms with Gasteiger partial charge < -0.3 is 14.9 Å². The SMILES string of the molecule is O=C(CCCNC(=O)c1cc(-c2ccccc2)on1)c1cc(O)cc(Br)c1. The second kappa shape index (κ2) is 8.64. The van der Waals surface area contributed by atoms with E-state index in [0.29, 0.717) is 28.8 Å². The lowest BCUT2D eigenvalue weighted by molar-refractivity contribution is 0.0931. The van der Waals surface area contributed by atoms with Crippen LogP contribution in [-0.2, 0) is 0 Å². The first kappa shape index (κ1) is 18.8. The van der Waals surface area contributed by atoms with E-state index in [1.807, 2.05) is 30.3 Å². The molecule has 0 atom stereocenters. The Kier molecular flexibility index (Phi) is 6.03. The maximum atomic E-state index is 12.2. The number of rotatable bonds is 7. The highest BCUT2D eigenvalue weighted by Gasteiger charge is 2.14. The molecule has 3 rings (SSSR count). The highest BCUT2D eigenvalue weighted by atomic mass is 79.9. The maximum absolute atomic E-state index is 12.2. The lowest BCUT2D eigenvalue weighted by atomic mass is 10.1. The van der Waals surface area contributed by atoms with E-state index in [1.54, 1.807) is 12.1 Å². The summed E-state index contributed by atoms with van der Waals surface area (Å²) in [6.45, 7) is 0.331. The van der Waals surface area contributed by atoms with Gasteiger partial charge in [-0.1, -0.05) is 51.4 Å². The lowest BCUT2D eigenvalue weighted by Gasteiger charge is -2.04. The first-order valence-corrected chi connectivity index (χ1v) is 9.15. The second-order valence-electron chi connectivity index (χ2n) is 5.92. The van der Waals surface area contributed by atoms with E-state index in [0.717, 1.165) is 5.56 Å². The number of phenols is 1. The van der Waals surface area contributed by atoms with E-state index < -0.39 is 0 Å². The molecule has 1 amide bonds. The highest BCUT2D eigenvalue weighted by Crippen LogP contribution is 2.22. The third-order valence-corrected chi connectivity index (χ3v) is 4.33. The number of phenolic OH excluding ortho intramolecular Hbond substituents is 1. The number of benzene rings is 2. The summed E-state index contributed by atoms with van der Waals surface area (Å²) in [5, 5.41) is 16.0. The van der Waals surface area contributed by atoms with Crippen LogP contribution in [0.25, 0.3) is 11.3 Å². The minimum Gasteiger partial charge on any atom is -0.508 e. The van der Waals surface area contributed by atoms with Gasteiger partial charge in [-0.2, -0.15) is 0 Å². The van der Waals surface area contributed by atoms with Gasteiger partial charge in [0, 0.05) is 34.6 Å². The standard InChI is InChI=1S/C20H17BrN2O4/c21-15-9-14(10-16(24)11-15)18(25)7-4-8-22-20(26)17-12-19(27-23-17)13-5-2-1-3-6-13/h1-3,5-6,9-12,24H,4,7-8H2,(H,22,26). The van der Waals surface area contributed by atoms with Crippen molar-refractivity contribution in [3.05, 3.63) is 70.3 Å². The summed E-state index contributed by atoms with van der Waals surface area (Å²) in [6.07, 6.45) is 0.728. The van der Waals surface area contributed by atoms with Gasteiger partial charge in [-0.05, 0) is 24.6 Å². The molecular formula is C20H17BrN2O4. The predicted octanol–water partition coefficient (Wildman–Crippen LogP) is 4.20. The summed E-state index contributed by atoms with van der Waals surface area (Å²) in [5.41, 5.74) is 1.46. The number of nitrogens with zero attached hydrogens (tertiary/aromatic N) is 1. The molecule has 1 heterocycles. The molecule has 138 valence electrons. The van der Waals surface area contributed by atoms with Crippen LogP contribution in [0.4, 0.5) is 0 Å². The van der Waals surface area contributed by atoms with Crippen molar-refractivity contribution >= 4 is 27.6 Å². The van der Waals surface area contributed by atoms with Crippen molar-refractivity contribution in [1.82, 2.24) is 10.5 Å². The van der Waals surface area contributed by atoms with Crippen LogP contribution in [0.3, 0.4) is 0 Å². The summed E-state index contributed by atoms with van der Waals surface area (Å²) >= 11 is 3.24. The Hall–Kier alpha value is -2.93. The first-order valence-electron chi connectivity index (χ1n) is 8.36. The molecule has 0 unspecified atom stereocenters. The van der Waals surface area contributed by atoms with Gasteiger partial charge in [-0.25, -0.2) is 0 Å². The van der Waals surface area contributed by atoms with Gasteiger partial charge in [-0.15, -0.1) is 0 Å². The number of halogens is 1. The van der Waals surface area contributed by atoms with Crippen molar-refractivity contribution in [3.8, 4) is 17.1 Å². The van der Waals surface area contributed by atoms with E-state index in [9.17, 15) is 14.7 Å². The smallest absolute Gasteiger partial charge is 0.273 e. The molecule has 0 bridgehead atoms. The third-order valence-electron chi connectivity index (χ3n) is 3.87. The molecule has 0 radical (unpaired) electrons. The molecule has 27 heavy (non-hydrogen) atoms. The molecule has 0 saturated carbocycles. The van der Waals surface area contributed by atoms with Crippen LogP contribution in [0.5, 0.6) is 5.75 Å². The Morgan fingerprint density at radius 2 is 1.89 bits per heavy atom. The first-order chi connectivity index (χ1) is 13.0. The van der Waals surface area contributed by atoms with Gasteiger partial charge in [0.2, 0.25) is 0 Å². The lowest BCUT2D eigenvalue weighted by Crippen LogP contribution is -2.25. The van der Waals surface area contributed by atoms with E-state index in [1.165, 1.54) is 12.1 Å². The Labute approximate surface area is 164 Å². The summed E-state index contributed by atoms with van der Waals surface area (Å²) in [7, 11) is 0. The number of hydrogen-bond donors (Lipinski definition) is 2. The van der Waals surface area contributed by atoms with Crippen LogP contribution in [-0.4, -0.2) is 28.5 Å². The van der Waals surface area contributed by atoms with Gasteiger partial charge in [0.15, 0.2) is 17.2 Å². The highest BCUT2D eigenvalue weighted by molar-refractivity contribution is 9.10. The molecule has 0 aliphatic carbocycles. The van der Waals surface area contributed by atoms with Crippen molar-refractivity contribution in [2.24, 2.45) is 0 Å². The zero-order valence-electron chi connectivity index (χ0n) is 14.3. The van der Waals surface area contributed by atoms with E-state index in [2.05, 4.69) is 26.4 Å². The van der Waals surface area contributed by atoms with Crippen LogP contribution < -0.4 is 5.32 Å². The number of amides is 1. The predicted molar refractivity (Wildman–Crippen MR) is 104 cm³/mol. The average Bonchev–Trinajstić information content (AvgIpc) is 3.15. The molecule has 0 fully saturated rings. The third kappa shape index (κ3) is 5.04. The molecule has 0 aliphatic rings. The van der Waals surface area contributed by atoms with Crippen LogP contribution in [0.15, 0.2) is 63.6 Å². The van der Waals surface area contributed by atoms with E-state index >= 15 is 0 Å². The molecule has 0 saturated heterocycles. The number of ketones is 1. The average molecular weight is 429 g/mol. The quantitative estimate of drug-likeness (QED) is 0.434. The topological polar surface area (TPSA) is 92.4 Å². The summed E-state index contributed by atoms with van der Waals surface area (Å²) < 4.78 is 5.84. The monoisotopic (exact) mass is 428 g/mol. The Morgan fingerprint density at radius 1 is 1.11 bits per heavy atom. The molecule has 2 N–H and O–H groups in total. The van der Waals surface area contributed by atoms with Crippen molar-refractivity contribution in [2.45, 2.75) is 12.8 Å². The molecule has 2 aromatic carbocycles. The zero-order valence-corrected chi connectivity index (χ0v) is 15.9. The Morgan fingerprint density at radius 3 is 2.63 bits per heavy atom. The minimum absolute atomic E-state index is 0.0290. The molecule has 0 aliphatic heterocycles. The number of hydrogen-bond acceptors (Lipinski definition) is 5. The van der Waals surface area contributed by atoms with E-state index in [4.69, 9.17) is 4.52 Å². The van der Waals surface area contributed by atoms with Crippen LogP contribution >= 0.6 is 15.9 Å². The van der Waals surface area contributed by atoms with Crippen molar-refractivity contribution < 1.29 is 19.2 Å². The fourth-order valence-electron chi connectivity index (χ4n) is 2.54. The number of Topliss-reactive ketones (excluding diaryl/α,β-unsaturated/α-hetero) is 1. The van der Waals surface area contributed by atoms with Gasteiger partial charge in [0.05, 0.1) is 0 Å². The number of carbonyl (C=O) groups excluding carboxylic acids is 2. The summed E-state index contributed by atoms with van der Waals surface area (Å²) in [6, 6.07) is 15.6. The fourth-order valence-corrected chi connectivity index (χ4v) is 3.02. The van der Waals surface area contributed by atoms with E-state index in [-0.39, 0.29) is 29.6 Å². The Bertz CT molecular complexity index is 933. The minimum atomic E-state index is -0.353. The van der Waals surface area contributed by atoms with Crippen molar-refractivity contribution in [1.29, 1.82) is 0 Å². The summed E-state index contributed by atoms with van der Waals surface area (Å²) in [5.74, 6) is 0.0915.